The number of hydrogen-bond acceptors (Lipinski definition) is 4. The Hall–Kier alpha value is -1.62. The van der Waals surface area contributed by atoms with Gasteiger partial charge in [-0.15, -0.1) is 0 Å². The zero-order chi connectivity index (χ0) is 13.3. The zero-order valence-corrected chi connectivity index (χ0v) is 10.6. The maximum absolute atomic E-state index is 12.1. The number of nitrogens with zero attached hydrogens (tertiary/aromatic N) is 1. The highest BCUT2D eigenvalue weighted by atomic mass is 16.5. The number of carbonyl (C=O) groups is 2. The van der Waals surface area contributed by atoms with Gasteiger partial charge < -0.3 is 14.4 Å². The van der Waals surface area contributed by atoms with Crippen LogP contribution < -0.4 is 0 Å². The fourth-order valence-electron chi connectivity index (χ4n) is 2.37. The van der Waals surface area contributed by atoms with Crippen LogP contribution in [-0.2, 0) is 11.3 Å². The minimum absolute atomic E-state index is 0.0863. The van der Waals surface area contributed by atoms with Gasteiger partial charge in [0.25, 0.3) is 0 Å². The smallest absolute Gasteiger partial charge is 0.339 e. The molecule has 1 aliphatic rings. The van der Waals surface area contributed by atoms with Gasteiger partial charge in [-0.05, 0) is 25.8 Å². The predicted molar refractivity (Wildman–Crippen MR) is 64.6 cm³/mol. The van der Waals surface area contributed by atoms with Crippen molar-refractivity contribution in [2.75, 3.05) is 13.2 Å². The average molecular weight is 251 g/mol. The Bertz CT molecular complexity index is 489. The fourth-order valence-corrected chi connectivity index (χ4v) is 2.37. The van der Waals surface area contributed by atoms with Crippen LogP contribution in [0, 0.1) is 12.8 Å². The minimum Gasteiger partial charge on any atom is -0.462 e. The molecular weight excluding hydrogens is 234 g/mol. The second-order valence-electron chi connectivity index (χ2n) is 4.46. The molecule has 0 spiro atoms. The summed E-state index contributed by atoms with van der Waals surface area (Å²) >= 11 is 0. The molecule has 0 saturated carbocycles. The molecule has 0 aliphatic carbocycles. The van der Waals surface area contributed by atoms with E-state index in [1.165, 1.54) is 0 Å². The first kappa shape index (κ1) is 12.8. The monoisotopic (exact) mass is 251 g/mol. The summed E-state index contributed by atoms with van der Waals surface area (Å²) in [6.07, 6.45) is 2.28. The first-order valence-electron chi connectivity index (χ1n) is 6.12. The number of aromatic nitrogens is 1. The van der Waals surface area contributed by atoms with Gasteiger partial charge in [-0.3, -0.25) is 4.79 Å². The van der Waals surface area contributed by atoms with Crippen molar-refractivity contribution in [2.24, 2.45) is 5.92 Å². The number of carbonyl (C=O) groups excluding carboxylic acids is 2. The van der Waals surface area contributed by atoms with Crippen LogP contribution in [0.2, 0.25) is 0 Å². The Balaban J connectivity index is 2.40. The number of aliphatic hydroxyl groups is 1. The van der Waals surface area contributed by atoms with Gasteiger partial charge in [0.15, 0.2) is 5.78 Å². The highest BCUT2D eigenvalue weighted by Gasteiger charge is 2.31. The quantitative estimate of drug-likeness (QED) is 0.819. The molecule has 98 valence electrons. The molecule has 0 radical (unpaired) electrons. The lowest BCUT2D eigenvalue weighted by Gasteiger charge is -2.21. The lowest BCUT2D eigenvalue weighted by molar-refractivity contribution is 0.0525. The minimum atomic E-state index is -0.398. The van der Waals surface area contributed by atoms with Crippen LogP contribution in [0.5, 0.6) is 0 Å². The molecular formula is C13H17NO4. The van der Waals surface area contributed by atoms with Crippen LogP contribution in [0.1, 0.15) is 39.8 Å². The first-order chi connectivity index (χ1) is 8.60. The lowest BCUT2D eigenvalue weighted by atomic mass is 9.93. The van der Waals surface area contributed by atoms with Gasteiger partial charge >= 0.3 is 5.97 Å². The van der Waals surface area contributed by atoms with Gasteiger partial charge in [-0.25, -0.2) is 4.79 Å². The molecule has 0 amide bonds. The molecule has 0 aromatic carbocycles. The number of ether oxygens (including phenoxy) is 1. The Labute approximate surface area is 105 Å². The predicted octanol–water partition coefficient (Wildman–Crippen LogP) is 1.17. The first-order valence-corrected chi connectivity index (χ1v) is 6.12. The van der Waals surface area contributed by atoms with Crippen LogP contribution in [0.15, 0.2) is 6.20 Å². The van der Waals surface area contributed by atoms with E-state index >= 15 is 0 Å². The van der Waals surface area contributed by atoms with Crippen molar-refractivity contribution in [2.45, 2.75) is 26.8 Å². The van der Waals surface area contributed by atoms with E-state index in [1.54, 1.807) is 24.6 Å². The molecule has 5 nitrogen and oxygen atoms in total. The van der Waals surface area contributed by atoms with Crippen molar-refractivity contribution < 1.29 is 19.4 Å². The van der Waals surface area contributed by atoms with E-state index in [-0.39, 0.29) is 18.3 Å². The Morgan fingerprint density at radius 1 is 1.61 bits per heavy atom. The van der Waals surface area contributed by atoms with Crippen molar-refractivity contribution in [1.29, 1.82) is 0 Å². The second kappa shape index (κ2) is 4.94. The number of hydrogen-bond donors (Lipinski definition) is 1. The molecule has 5 heteroatoms. The van der Waals surface area contributed by atoms with E-state index in [9.17, 15) is 9.59 Å². The summed E-state index contributed by atoms with van der Waals surface area (Å²) in [5.74, 6) is -0.830. The number of fused-ring (bicyclic) bond motifs is 1. The Kier molecular flexibility index (Phi) is 3.52. The van der Waals surface area contributed by atoms with Crippen molar-refractivity contribution in [3.63, 3.8) is 0 Å². The summed E-state index contributed by atoms with van der Waals surface area (Å²) in [6.45, 7) is 4.31. The van der Waals surface area contributed by atoms with Crippen LogP contribution in [0.3, 0.4) is 0 Å². The van der Waals surface area contributed by atoms with Crippen LogP contribution in [-0.4, -0.2) is 34.6 Å². The van der Waals surface area contributed by atoms with Crippen molar-refractivity contribution in [3.05, 3.63) is 23.0 Å². The van der Waals surface area contributed by atoms with Crippen molar-refractivity contribution in [3.8, 4) is 0 Å². The van der Waals surface area contributed by atoms with E-state index in [1.807, 2.05) is 0 Å². The second-order valence-corrected chi connectivity index (χ2v) is 4.46. The number of Topliss-reactive ketones (excluding diaryl/α,β-unsaturated/α-hetero) is 1. The third-order valence-electron chi connectivity index (χ3n) is 3.37. The third kappa shape index (κ3) is 1.95. The summed E-state index contributed by atoms with van der Waals surface area (Å²) in [7, 11) is 0. The third-order valence-corrected chi connectivity index (χ3v) is 3.37. The van der Waals surface area contributed by atoms with Gasteiger partial charge in [-0.1, -0.05) is 0 Å². The molecule has 18 heavy (non-hydrogen) atoms. The lowest BCUT2D eigenvalue weighted by Crippen LogP contribution is -2.28. The average Bonchev–Trinajstić information content (AvgIpc) is 2.68. The van der Waals surface area contributed by atoms with Crippen LogP contribution in [0.4, 0.5) is 0 Å². The molecule has 1 aromatic heterocycles. The topological polar surface area (TPSA) is 68.5 Å². The van der Waals surface area contributed by atoms with Crippen molar-refractivity contribution >= 4 is 11.8 Å². The van der Waals surface area contributed by atoms with Gasteiger partial charge in [0.2, 0.25) is 0 Å². The highest BCUT2D eigenvalue weighted by molar-refractivity contribution is 6.02. The molecule has 1 aromatic rings. The molecule has 1 atom stereocenters. The molecule has 2 rings (SSSR count). The highest BCUT2D eigenvalue weighted by Crippen LogP contribution is 2.27. The molecule has 0 bridgehead atoms. The van der Waals surface area contributed by atoms with Gasteiger partial charge in [0.1, 0.15) is 0 Å². The van der Waals surface area contributed by atoms with Gasteiger partial charge in [0, 0.05) is 18.7 Å². The summed E-state index contributed by atoms with van der Waals surface area (Å²) in [4.78, 5) is 23.9. The molecule has 1 aliphatic heterocycles. The molecule has 1 N–H and O–H groups in total. The Morgan fingerprint density at radius 2 is 2.33 bits per heavy atom. The normalized spacial score (nSPS) is 18.6. The number of aryl methyl sites for hydroxylation is 1. The molecule has 2 heterocycles. The number of rotatable bonds is 3. The van der Waals surface area contributed by atoms with Gasteiger partial charge in [-0.2, -0.15) is 0 Å². The standard InChI is InChI=1S/C13H17NO4/c1-3-18-13(17)10-6-14-5-4-9(7-15)12(16)11(14)8(10)2/h6,9,15H,3-5,7H2,1-2H3. The number of aliphatic hydroxyl groups excluding tert-OH is 1. The van der Waals surface area contributed by atoms with E-state index in [0.717, 1.165) is 0 Å². The maximum atomic E-state index is 12.1. The summed E-state index contributed by atoms with van der Waals surface area (Å²) in [5, 5.41) is 9.16. The summed E-state index contributed by atoms with van der Waals surface area (Å²) in [6, 6.07) is 0. The van der Waals surface area contributed by atoms with Crippen LogP contribution >= 0.6 is 0 Å². The zero-order valence-electron chi connectivity index (χ0n) is 10.6. The SMILES string of the molecule is CCOC(=O)c1cn2c(c1C)C(=O)C(CO)CC2. The Morgan fingerprint density at radius 3 is 2.94 bits per heavy atom. The van der Waals surface area contributed by atoms with Crippen molar-refractivity contribution in [1.82, 2.24) is 4.57 Å². The molecule has 0 saturated heterocycles. The van der Waals surface area contributed by atoms with Crippen LogP contribution in [0.25, 0.3) is 0 Å². The fraction of sp³-hybridized carbons (Fsp3) is 0.538. The molecule has 0 fully saturated rings. The van der Waals surface area contributed by atoms with Gasteiger partial charge in [0.05, 0.1) is 24.5 Å². The van der Waals surface area contributed by atoms with E-state index in [0.29, 0.717) is 36.4 Å². The molecule has 1 unspecified atom stereocenters. The number of esters is 1. The van der Waals surface area contributed by atoms with E-state index in [2.05, 4.69) is 0 Å². The largest absolute Gasteiger partial charge is 0.462 e. The summed E-state index contributed by atoms with van der Waals surface area (Å²) in [5.41, 5.74) is 1.62. The van der Waals surface area contributed by atoms with E-state index in [4.69, 9.17) is 9.84 Å². The summed E-state index contributed by atoms with van der Waals surface area (Å²) < 4.78 is 6.75. The number of ketones is 1. The maximum Gasteiger partial charge on any atom is 0.339 e. The van der Waals surface area contributed by atoms with E-state index < -0.39 is 5.97 Å².